The van der Waals surface area contributed by atoms with Crippen LogP contribution in [0.15, 0.2) is 29.2 Å². The number of esters is 1. The molecule has 1 aromatic carbocycles. The zero-order valence-corrected chi connectivity index (χ0v) is 17.1. The van der Waals surface area contributed by atoms with Crippen molar-refractivity contribution in [2.75, 3.05) is 20.8 Å². The molecule has 7 nitrogen and oxygen atoms in total. The summed E-state index contributed by atoms with van der Waals surface area (Å²) in [6, 6.07) is 4.98. The van der Waals surface area contributed by atoms with Gasteiger partial charge in [-0.2, -0.15) is 4.31 Å². The first-order valence-corrected chi connectivity index (χ1v) is 10.4. The van der Waals surface area contributed by atoms with Crippen molar-refractivity contribution < 1.29 is 27.5 Å². The van der Waals surface area contributed by atoms with E-state index in [2.05, 4.69) is 11.8 Å². The molecule has 0 N–H and O–H groups in total. The van der Waals surface area contributed by atoms with E-state index in [0.29, 0.717) is 31.4 Å². The molecule has 1 aliphatic carbocycles. The predicted octanol–water partition coefficient (Wildman–Crippen LogP) is 2.01. The second kappa shape index (κ2) is 9.71. The summed E-state index contributed by atoms with van der Waals surface area (Å²) in [6.45, 7) is 1.92. The number of Topliss-reactive ketones (excluding diaryl/α,β-unsaturated/α-hetero) is 1. The van der Waals surface area contributed by atoms with Crippen LogP contribution in [0.2, 0.25) is 0 Å². The van der Waals surface area contributed by atoms with Crippen molar-refractivity contribution >= 4 is 21.8 Å². The van der Waals surface area contributed by atoms with Crippen LogP contribution in [0.1, 0.15) is 32.6 Å². The highest BCUT2D eigenvalue weighted by Gasteiger charge is 2.40. The van der Waals surface area contributed by atoms with E-state index in [-0.39, 0.29) is 23.2 Å². The first-order chi connectivity index (χ1) is 13.3. The Morgan fingerprint density at radius 1 is 1.25 bits per heavy atom. The number of carbonyl (C=O) groups is 2. The Balaban J connectivity index is 2.23. The summed E-state index contributed by atoms with van der Waals surface area (Å²) in [7, 11) is -1.33. The van der Waals surface area contributed by atoms with Gasteiger partial charge in [0.15, 0.2) is 0 Å². The molecule has 1 aliphatic rings. The van der Waals surface area contributed by atoms with Gasteiger partial charge in [-0.15, -0.1) is 5.92 Å². The molecule has 28 heavy (non-hydrogen) atoms. The van der Waals surface area contributed by atoms with Crippen LogP contribution in [0.5, 0.6) is 5.75 Å². The second-order valence-electron chi connectivity index (χ2n) is 6.55. The smallest absolute Gasteiger partial charge is 0.324 e. The maximum absolute atomic E-state index is 13.1. The lowest BCUT2D eigenvalue weighted by Gasteiger charge is -2.33. The Labute approximate surface area is 166 Å². The standard InChI is InChI=1S/C20H25NO6S/c1-4-5-14-27-17-10-12-18(13-11-17)28(24,25)21(2)19(20(23)26-3)15-6-8-16(22)9-7-15/h10-13,15,19H,6-9,14H2,1-3H3/t19-/m1/s1. The average Bonchev–Trinajstić information content (AvgIpc) is 2.70. The van der Waals surface area contributed by atoms with Crippen LogP contribution in [0.4, 0.5) is 0 Å². The highest BCUT2D eigenvalue weighted by atomic mass is 32.2. The third-order valence-corrected chi connectivity index (χ3v) is 6.71. The zero-order valence-electron chi connectivity index (χ0n) is 16.3. The van der Waals surface area contributed by atoms with E-state index in [4.69, 9.17) is 9.47 Å². The number of methoxy groups -OCH3 is 1. The Kier molecular flexibility index (Phi) is 7.61. The van der Waals surface area contributed by atoms with Gasteiger partial charge in [-0.3, -0.25) is 9.59 Å². The van der Waals surface area contributed by atoms with Gasteiger partial charge in [0.25, 0.3) is 0 Å². The summed E-state index contributed by atoms with van der Waals surface area (Å²) in [5.74, 6) is 5.21. The van der Waals surface area contributed by atoms with Crippen LogP contribution < -0.4 is 4.74 Å². The lowest BCUT2D eigenvalue weighted by molar-refractivity contribution is -0.147. The molecule has 1 fully saturated rings. The SMILES string of the molecule is CC#CCOc1ccc(S(=O)(=O)N(C)[C@@H](C(=O)OC)C2CCC(=O)CC2)cc1. The molecule has 0 spiro atoms. The molecule has 0 aliphatic heterocycles. The number of likely N-dealkylation sites (N-methyl/N-ethyl adjacent to an activating group) is 1. The Bertz CT molecular complexity index is 856. The third-order valence-electron chi connectivity index (χ3n) is 4.86. The number of nitrogens with zero attached hydrogens (tertiary/aromatic N) is 1. The lowest BCUT2D eigenvalue weighted by atomic mass is 9.83. The minimum absolute atomic E-state index is 0.0460. The molecule has 0 saturated heterocycles. The summed E-state index contributed by atoms with van der Waals surface area (Å²) in [6.07, 6.45) is 1.62. The van der Waals surface area contributed by atoms with Crippen molar-refractivity contribution in [2.24, 2.45) is 5.92 Å². The molecule has 0 amide bonds. The van der Waals surface area contributed by atoms with Crippen molar-refractivity contribution in [1.29, 1.82) is 0 Å². The van der Waals surface area contributed by atoms with Crippen molar-refractivity contribution in [2.45, 2.75) is 43.5 Å². The van der Waals surface area contributed by atoms with Crippen LogP contribution in [0.3, 0.4) is 0 Å². The molecule has 0 bridgehead atoms. The van der Waals surface area contributed by atoms with Gasteiger partial charge in [0, 0.05) is 19.9 Å². The largest absolute Gasteiger partial charge is 0.481 e. The van der Waals surface area contributed by atoms with E-state index in [0.717, 1.165) is 4.31 Å². The molecule has 0 radical (unpaired) electrons. The second-order valence-corrected chi connectivity index (χ2v) is 8.55. The van der Waals surface area contributed by atoms with Crippen LogP contribution >= 0.6 is 0 Å². The number of ketones is 1. The molecular formula is C20H25NO6S. The predicted molar refractivity (Wildman–Crippen MR) is 103 cm³/mol. The molecule has 2 rings (SSSR count). The third kappa shape index (κ3) is 5.12. The fraction of sp³-hybridized carbons (Fsp3) is 0.500. The molecule has 152 valence electrons. The lowest BCUT2D eigenvalue weighted by Crippen LogP contribution is -2.48. The molecule has 0 aromatic heterocycles. The highest BCUT2D eigenvalue weighted by molar-refractivity contribution is 7.89. The fourth-order valence-electron chi connectivity index (χ4n) is 3.25. The van der Waals surface area contributed by atoms with Gasteiger partial charge in [-0.1, -0.05) is 5.92 Å². The van der Waals surface area contributed by atoms with Gasteiger partial charge < -0.3 is 9.47 Å². The summed E-state index contributed by atoms with van der Waals surface area (Å²) in [4.78, 5) is 23.9. The number of carbonyl (C=O) groups excluding carboxylic acids is 2. The van der Waals surface area contributed by atoms with Crippen molar-refractivity contribution in [3.05, 3.63) is 24.3 Å². The molecule has 1 saturated carbocycles. The minimum Gasteiger partial charge on any atom is -0.481 e. The topological polar surface area (TPSA) is 90.0 Å². The van der Waals surface area contributed by atoms with Crippen LogP contribution in [-0.2, 0) is 24.3 Å². The monoisotopic (exact) mass is 407 g/mol. The number of rotatable bonds is 7. The van der Waals surface area contributed by atoms with E-state index in [9.17, 15) is 18.0 Å². The molecular weight excluding hydrogens is 382 g/mol. The minimum atomic E-state index is -3.93. The normalized spacial score (nSPS) is 16.2. The molecule has 0 unspecified atom stereocenters. The van der Waals surface area contributed by atoms with Crippen molar-refractivity contribution in [1.82, 2.24) is 4.31 Å². The number of sulfonamides is 1. The van der Waals surface area contributed by atoms with Gasteiger partial charge in [-0.25, -0.2) is 8.42 Å². The van der Waals surface area contributed by atoms with Crippen LogP contribution in [0, 0.1) is 17.8 Å². The molecule has 1 aromatic rings. The summed E-state index contributed by atoms with van der Waals surface area (Å²) < 4.78 is 37.4. The van der Waals surface area contributed by atoms with Gasteiger partial charge >= 0.3 is 5.97 Å². The van der Waals surface area contributed by atoms with Crippen LogP contribution in [-0.4, -0.2) is 51.3 Å². The van der Waals surface area contributed by atoms with Gasteiger partial charge in [0.2, 0.25) is 10.0 Å². The summed E-state index contributed by atoms with van der Waals surface area (Å²) in [5.41, 5.74) is 0. The van der Waals surface area contributed by atoms with Gasteiger partial charge in [-0.05, 0) is 49.9 Å². The quantitative estimate of drug-likeness (QED) is 0.507. The number of ether oxygens (including phenoxy) is 2. The number of hydrogen-bond donors (Lipinski definition) is 0. The first kappa shape index (κ1) is 21.9. The molecule has 8 heteroatoms. The van der Waals surface area contributed by atoms with E-state index < -0.39 is 22.0 Å². The average molecular weight is 407 g/mol. The number of hydrogen-bond acceptors (Lipinski definition) is 6. The van der Waals surface area contributed by atoms with Gasteiger partial charge in [0.1, 0.15) is 24.2 Å². The van der Waals surface area contributed by atoms with Crippen molar-refractivity contribution in [3.8, 4) is 17.6 Å². The first-order valence-electron chi connectivity index (χ1n) is 9.01. The summed E-state index contributed by atoms with van der Waals surface area (Å²) >= 11 is 0. The molecule has 1 atom stereocenters. The van der Waals surface area contributed by atoms with Crippen LogP contribution in [0.25, 0.3) is 0 Å². The maximum atomic E-state index is 13.1. The number of benzene rings is 1. The Hall–Kier alpha value is -2.37. The maximum Gasteiger partial charge on any atom is 0.324 e. The van der Waals surface area contributed by atoms with Crippen molar-refractivity contribution in [3.63, 3.8) is 0 Å². The van der Waals surface area contributed by atoms with Gasteiger partial charge in [0.05, 0.1) is 12.0 Å². The summed E-state index contributed by atoms with van der Waals surface area (Å²) in [5, 5.41) is 0. The Morgan fingerprint density at radius 2 is 1.86 bits per heavy atom. The van der Waals surface area contributed by atoms with E-state index >= 15 is 0 Å². The van der Waals surface area contributed by atoms with E-state index in [1.54, 1.807) is 19.1 Å². The zero-order chi connectivity index (χ0) is 20.7. The highest BCUT2D eigenvalue weighted by Crippen LogP contribution is 2.31. The molecule has 0 heterocycles. The Morgan fingerprint density at radius 3 is 2.39 bits per heavy atom. The van der Waals surface area contributed by atoms with E-state index in [1.807, 2.05) is 0 Å². The van der Waals surface area contributed by atoms with E-state index in [1.165, 1.54) is 26.3 Å². The fourth-order valence-corrected chi connectivity index (χ4v) is 4.62.